The fourth-order valence-electron chi connectivity index (χ4n) is 14.7. The summed E-state index contributed by atoms with van der Waals surface area (Å²) in [6.07, 6.45) is -5.20. The van der Waals surface area contributed by atoms with Crippen molar-refractivity contribution in [2.24, 2.45) is 5.73 Å². The number of aliphatic hydroxyl groups is 6. The lowest BCUT2D eigenvalue weighted by Crippen LogP contribution is -2.54. The lowest BCUT2D eigenvalue weighted by atomic mass is 9.99. The van der Waals surface area contributed by atoms with Crippen LogP contribution in [0.5, 0.6) is 11.5 Å². The number of fused-ring (bicyclic) bond motifs is 4. The number of Topliss-reactive ketones (excluding diaryl/α,β-unsaturated/α-hetero) is 1. The van der Waals surface area contributed by atoms with Gasteiger partial charge in [-0.2, -0.15) is 0 Å². The minimum atomic E-state index is -1.46. The molecule has 8 amide bonds. The standard InChI is InChI=1S/C42H47ClN6O13.C21H28N4O7.C19H19ClN4O7/c43-28-9-8-24(33(52)36-34(53)35(54)42(62-36)48-13-12-27-37(44)45-22-46-38(27)48)20-30(28)61-21-25(50)6-3-15-59-17-19-60-18-16-58-14-2-5-23-4-1-7-26-32(23)41(57)49(40(26)56)29-10-11-31(51)47-39(29)55;22-6-8-30-10-12-32-13-11-31-9-7-23-15-3-1-2-14-18(15)21(29)25(20(14)28)16-4-5-17(26)24-19(16)27;20-10-2-1-8(5-11(10)30-6-12(25)26)13(27)16-14(28)15(29)19(31-16)24-4-3-9-17(21)22-7-23-18(9)24/h1,4,7-9,12-13,20,22,29,33-36,42,52-54H,2-3,5-6,10-11,14-19,21H2,(H2,44,45,46)(H,47,51,55);1-3,16,23H,4-13,22H2,(H,24,26,27);1-5,7,13-16,19,27-29H,6H2,(H,25,26)(H2,21,22,23)/t29?,33-,34+,35-,36-,42-;;13-,14+,15-,16-,19-/m1.1/s1. The second-order valence-electron chi connectivity index (χ2n) is 29.2. The Bertz CT molecular complexity index is 5240. The van der Waals surface area contributed by atoms with Crippen LogP contribution in [0.15, 0.2) is 110 Å². The number of ketones is 1. The van der Waals surface area contributed by atoms with Crippen molar-refractivity contribution in [3.05, 3.63) is 159 Å². The Hall–Kier alpha value is -11.2. The molecule has 2 unspecified atom stereocenters. The van der Waals surface area contributed by atoms with E-state index in [1.54, 1.807) is 60.9 Å². The highest BCUT2D eigenvalue weighted by atomic mass is 35.5. The van der Waals surface area contributed by atoms with Gasteiger partial charge in [-0.05, 0) is 103 Å². The van der Waals surface area contributed by atoms with Gasteiger partial charge in [-0.3, -0.25) is 63.6 Å². The Balaban J connectivity index is 0.000000189. The topological polar surface area (TPSA) is 587 Å². The zero-order valence-corrected chi connectivity index (χ0v) is 68.7. The van der Waals surface area contributed by atoms with Crippen molar-refractivity contribution in [2.45, 2.75) is 125 Å². The maximum atomic E-state index is 13.3. The molecule has 0 saturated carbocycles. The quantitative estimate of drug-likeness (QED) is 0.0192. The Labute approximate surface area is 722 Å². The number of ether oxygens (including phenoxy) is 10. The minimum absolute atomic E-state index is 0.0498. The molecule has 0 aliphatic carbocycles. The first-order chi connectivity index (χ1) is 60.3. The second-order valence-corrected chi connectivity index (χ2v) is 30.0. The number of carbonyl (C=O) groups excluding carboxylic acids is 9. The van der Waals surface area contributed by atoms with Gasteiger partial charge in [0.2, 0.25) is 23.6 Å². The summed E-state index contributed by atoms with van der Waals surface area (Å²) in [5.41, 5.74) is 20.6. The number of halogens is 2. The van der Waals surface area contributed by atoms with E-state index in [1.807, 2.05) is 0 Å². The maximum absolute atomic E-state index is 13.3. The Morgan fingerprint density at radius 1 is 0.536 bits per heavy atom. The number of amides is 8. The van der Waals surface area contributed by atoms with Gasteiger partial charge in [-0.15, -0.1) is 0 Å². The molecule has 4 aromatic carbocycles. The summed E-state index contributed by atoms with van der Waals surface area (Å²) in [6, 6.07) is 20.0. The molecule has 125 heavy (non-hydrogen) atoms. The van der Waals surface area contributed by atoms with E-state index in [9.17, 15) is 78.6 Å². The number of anilines is 3. The average molecular weight is 1780 g/mol. The number of nitrogens with zero attached hydrogens (tertiary/aromatic N) is 8. The summed E-state index contributed by atoms with van der Waals surface area (Å²) in [7, 11) is 0. The van der Waals surface area contributed by atoms with Crippen molar-refractivity contribution in [3.63, 3.8) is 0 Å². The van der Waals surface area contributed by atoms with E-state index < -0.39 is 133 Å². The molecule has 8 aromatic rings. The van der Waals surface area contributed by atoms with Crippen LogP contribution >= 0.6 is 23.2 Å². The van der Waals surface area contributed by atoms with E-state index in [0.717, 1.165) is 9.80 Å². The highest BCUT2D eigenvalue weighted by Gasteiger charge is 2.51. The second kappa shape index (κ2) is 43.6. The number of benzene rings is 4. The third-order valence-electron chi connectivity index (χ3n) is 20.9. The molecule has 4 aromatic heterocycles. The van der Waals surface area contributed by atoms with Crippen LogP contribution in [-0.2, 0) is 73.1 Å². The van der Waals surface area contributed by atoms with Crippen LogP contribution in [0.3, 0.4) is 0 Å². The first-order valence-electron chi connectivity index (χ1n) is 40.0. The average Bonchev–Trinajstić information content (AvgIpc) is 1.61. The number of rotatable bonds is 40. The zero-order chi connectivity index (χ0) is 89.1. The molecule has 14 rings (SSSR count). The van der Waals surface area contributed by atoms with Crippen LogP contribution in [0.25, 0.3) is 22.1 Å². The van der Waals surface area contributed by atoms with Gasteiger partial charge in [0.05, 0.1) is 109 Å². The van der Waals surface area contributed by atoms with E-state index >= 15 is 0 Å². The van der Waals surface area contributed by atoms with Crippen molar-refractivity contribution in [3.8, 4) is 11.5 Å². The molecular formula is C82H94Cl2N14O27. The summed E-state index contributed by atoms with van der Waals surface area (Å²) in [5, 5.41) is 82.5. The summed E-state index contributed by atoms with van der Waals surface area (Å²) >= 11 is 12.3. The van der Waals surface area contributed by atoms with Gasteiger partial charge in [-0.1, -0.05) is 53.5 Å². The monoisotopic (exact) mass is 1780 g/mol. The van der Waals surface area contributed by atoms with E-state index in [4.69, 9.17) is 92.9 Å². The van der Waals surface area contributed by atoms with E-state index in [0.29, 0.717) is 145 Å². The number of aliphatic carboxylic acids is 1. The number of aryl methyl sites for hydroxylation is 1. The predicted molar refractivity (Wildman–Crippen MR) is 438 cm³/mol. The maximum Gasteiger partial charge on any atom is 0.341 e. The molecule has 0 bridgehead atoms. The number of aliphatic hydroxyl groups excluding tert-OH is 6. The molecule has 41 nitrogen and oxygen atoms in total. The first-order valence-corrected chi connectivity index (χ1v) is 40.7. The van der Waals surface area contributed by atoms with Crippen molar-refractivity contribution in [1.82, 2.24) is 49.5 Å². The summed E-state index contributed by atoms with van der Waals surface area (Å²) < 4.78 is 58.4. The fraction of sp³-hybridized carbons (Fsp3) is 0.439. The van der Waals surface area contributed by atoms with Gasteiger partial charge in [0.25, 0.3) is 23.6 Å². The predicted octanol–water partition coefficient (Wildman–Crippen LogP) is 1.82. The first kappa shape index (κ1) is 93.0. The van der Waals surface area contributed by atoms with Gasteiger partial charge in [-0.25, -0.2) is 24.7 Å². The van der Waals surface area contributed by atoms with Gasteiger partial charge in [0, 0.05) is 63.6 Å². The normalized spacial score (nSPS) is 21.5. The van der Waals surface area contributed by atoms with Crippen molar-refractivity contribution < 1.29 is 131 Å². The van der Waals surface area contributed by atoms with E-state index in [-0.39, 0.29) is 111 Å². The Morgan fingerprint density at radius 2 is 0.984 bits per heavy atom. The number of hydrogen-bond acceptors (Lipinski definition) is 34. The highest BCUT2D eigenvalue weighted by molar-refractivity contribution is 6.32. The lowest BCUT2D eigenvalue weighted by Gasteiger charge is -2.27. The number of carboxylic acid groups (broad SMARTS) is 1. The minimum Gasteiger partial charge on any atom is -0.484 e. The highest BCUT2D eigenvalue weighted by Crippen LogP contribution is 2.43. The van der Waals surface area contributed by atoms with Gasteiger partial charge in [0.1, 0.15) is 115 Å². The number of aromatic nitrogens is 6. The molecule has 0 spiro atoms. The molecule has 43 heteroatoms. The molecule has 16 N–H and O–H groups in total. The molecule has 4 saturated heterocycles. The fourth-order valence-corrected chi connectivity index (χ4v) is 15.1. The third-order valence-corrected chi connectivity index (χ3v) is 21.6. The largest absolute Gasteiger partial charge is 0.484 e. The molecule has 6 aliphatic rings. The van der Waals surface area contributed by atoms with Gasteiger partial charge >= 0.3 is 5.97 Å². The van der Waals surface area contributed by atoms with Crippen molar-refractivity contribution in [2.75, 3.05) is 122 Å². The number of hydrogen-bond donors (Lipinski definition) is 13. The molecule has 4 fully saturated rings. The van der Waals surface area contributed by atoms with Crippen LogP contribution in [0, 0.1) is 0 Å². The summed E-state index contributed by atoms with van der Waals surface area (Å²) in [6.45, 7) is 4.72. The molecular weight excluding hydrogens is 1680 g/mol. The van der Waals surface area contributed by atoms with Gasteiger partial charge in [0.15, 0.2) is 24.8 Å². The zero-order valence-electron chi connectivity index (χ0n) is 67.2. The van der Waals surface area contributed by atoms with E-state index in [2.05, 4.69) is 35.9 Å². The summed E-state index contributed by atoms with van der Waals surface area (Å²) in [4.78, 5) is 141. The van der Waals surface area contributed by atoms with Crippen molar-refractivity contribution >= 4 is 122 Å². The van der Waals surface area contributed by atoms with Gasteiger partial charge < -0.3 is 115 Å². The number of imide groups is 4. The van der Waals surface area contributed by atoms with Crippen LogP contribution in [-0.4, -0.2) is 288 Å². The SMILES string of the molecule is NCCOCCOCCOCCNc1cccc2c1C(=O)N(C1CCC(=O)NC1=O)C2=O.Nc1ncnc2c1ccn2[C@@H]1O[C@H]([C@H](O)c2ccc(Cl)c(OCC(=O)CCCOCCOCCOCCCc3cccc4c3C(=O)N(C3CCC(=O)NC3=O)C4=O)c2)[C@@H](O)[C@H]1O.Nc1ncnc2c1ccn2[C@@H]1O[C@H]([C@H](O)c2ccc(Cl)c(OCC(=O)O)c2)[C@@H](O)[C@H]1O. The van der Waals surface area contributed by atoms with Crippen LogP contribution in [0.2, 0.25) is 10.0 Å². The number of nitrogens with two attached hydrogens (primary N) is 3. The number of nitrogen functional groups attached to an aromatic ring is 2. The lowest BCUT2D eigenvalue weighted by molar-refractivity contribution is -0.139. The molecule has 0 radical (unpaired) electrons. The van der Waals surface area contributed by atoms with Crippen LogP contribution in [0.4, 0.5) is 17.3 Å². The van der Waals surface area contributed by atoms with Crippen LogP contribution < -0.4 is 42.6 Å². The van der Waals surface area contributed by atoms with Crippen LogP contribution in [0.1, 0.15) is 128 Å². The third kappa shape index (κ3) is 22.2. The molecule has 668 valence electrons. The number of carboxylic acids is 1. The number of piperidine rings is 2. The summed E-state index contributed by atoms with van der Waals surface area (Å²) in [5.74, 6) is -4.95. The smallest absolute Gasteiger partial charge is 0.341 e. The molecule has 10 heterocycles. The Morgan fingerprint density at radius 3 is 1.47 bits per heavy atom. The number of carbonyl (C=O) groups is 10. The molecule has 6 aliphatic heterocycles. The molecule has 12 atom stereocenters. The van der Waals surface area contributed by atoms with Crippen molar-refractivity contribution in [1.29, 1.82) is 0 Å². The number of nitrogens with one attached hydrogen (secondary N) is 3. The van der Waals surface area contributed by atoms with E-state index in [1.165, 1.54) is 58.2 Å². The Kier molecular flexibility index (Phi) is 32.4.